The molecule has 0 aliphatic heterocycles. The quantitative estimate of drug-likeness (QED) is 0.816. The van der Waals surface area contributed by atoms with Gasteiger partial charge >= 0.3 is 0 Å². The highest BCUT2D eigenvalue weighted by molar-refractivity contribution is 5.94. The number of carbonyl (C=O) groups excluding carboxylic acids is 1. The van der Waals surface area contributed by atoms with Gasteiger partial charge < -0.3 is 11.1 Å². The molecular weight excluding hydrogens is 209 g/mol. The van der Waals surface area contributed by atoms with E-state index >= 15 is 0 Å². The summed E-state index contributed by atoms with van der Waals surface area (Å²) in [5.41, 5.74) is 4.94. The Morgan fingerprint density at radius 1 is 1.62 bits per heavy atom. The maximum absolute atomic E-state index is 12.6. The Kier molecular flexibility index (Phi) is 3.95. The maximum atomic E-state index is 12.6. The number of hydrogen-bond acceptors (Lipinski definition) is 3. The Hall–Kier alpha value is -1.49. The van der Waals surface area contributed by atoms with Crippen LogP contribution in [0.3, 0.4) is 0 Å². The van der Waals surface area contributed by atoms with Gasteiger partial charge in [0.15, 0.2) is 0 Å². The lowest BCUT2D eigenvalue weighted by molar-refractivity contribution is -0.124. The van der Waals surface area contributed by atoms with Crippen LogP contribution in [0.1, 0.15) is 20.3 Å². The fraction of sp³-hybridized carbons (Fsp3) is 0.455. The molecule has 0 fully saturated rings. The third-order valence-electron chi connectivity index (χ3n) is 2.75. The molecule has 0 aliphatic carbocycles. The van der Waals surface area contributed by atoms with E-state index in [1.165, 1.54) is 12.1 Å². The first-order valence-corrected chi connectivity index (χ1v) is 5.15. The second-order valence-electron chi connectivity index (χ2n) is 3.93. The third-order valence-corrected chi connectivity index (χ3v) is 2.75. The Bertz CT molecular complexity index is 360. The van der Waals surface area contributed by atoms with Gasteiger partial charge in [-0.2, -0.15) is 0 Å². The van der Waals surface area contributed by atoms with Crippen LogP contribution < -0.4 is 11.1 Å². The van der Waals surface area contributed by atoms with Gasteiger partial charge in [-0.05, 0) is 25.5 Å². The highest BCUT2D eigenvalue weighted by atomic mass is 19.1. The summed E-state index contributed by atoms with van der Waals surface area (Å²) in [4.78, 5) is 15.6. The van der Waals surface area contributed by atoms with Crippen LogP contribution in [0.15, 0.2) is 18.3 Å². The lowest BCUT2D eigenvalue weighted by atomic mass is 9.87. The van der Waals surface area contributed by atoms with Gasteiger partial charge in [0.25, 0.3) is 0 Å². The summed E-state index contributed by atoms with van der Waals surface area (Å²) < 4.78 is 12.6. The highest BCUT2D eigenvalue weighted by Crippen LogP contribution is 2.21. The van der Waals surface area contributed by atoms with Crippen molar-refractivity contribution >= 4 is 11.7 Å². The van der Waals surface area contributed by atoms with Gasteiger partial charge in [0.1, 0.15) is 11.6 Å². The van der Waals surface area contributed by atoms with Crippen LogP contribution in [0, 0.1) is 11.2 Å². The molecule has 0 aromatic carbocycles. The van der Waals surface area contributed by atoms with Crippen LogP contribution >= 0.6 is 0 Å². The standard InChI is InChI=1S/C11H16FN3O/c1-3-11(2,7-13)10(16)15-9-5-4-8(12)6-14-9/h4-6H,3,7,13H2,1-2H3,(H,14,15,16). The number of anilines is 1. The van der Waals surface area contributed by atoms with Gasteiger partial charge in [0, 0.05) is 6.54 Å². The fourth-order valence-electron chi connectivity index (χ4n) is 1.11. The molecule has 0 saturated heterocycles. The van der Waals surface area contributed by atoms with Gasteiger partial charge in [0.2, 0.25) is 5.91 Å². The Balaban J connectivity index is 2.74. The second kappa shape index (κ2) is 5.03. The first kappa shape index (κ1) is 12.6. The van der Waals surface area contributed by atoms with Crippen LogP contribution in [0.4, 0.5) is 10.2 Å². The van der Waals surface area contributed by atoms with E-state index in [-0.39, 0.29) is 12.5 Å². The summed E-state index contributed by atoms with van der Waals surface area (Å²) in [6.45, 7) is 3.94. The molecule has 1 aromatic rings. The van der Waals surface area contributed by atoms with Crippen molar-refractivity contribution in [1.82, 2.24) is 4.98 Å². The van der Waals surface area contributed by atoms with Gasteiger partial charge in [-0.15, -0.1) is 0 Å². The minimum atomic E-state index is -0.615. The molecule has 1 atom stereocenters. The van der Waals surface area contributed by atoms with Gasteiger partial charge in [-0.3, -0.25) is 4.79 Å². The van der Waals surface area contributed by atoms with Gasteiger partial charge in [-0.1, -0.05) is 6.92 Å². The molecule has 5 heteroatoms. The number of nitrogens with one attached hydrogen (secondary N) is 1. The molecular formula is C11H16FN3O. The minimum Gasteiger partial charge on any atom is -0.329 e. The molecule has 0 bridgehead atoms. The van der Waals surface area contributed by atoms with Crippen molar-refractivity contribution in [2.45, 2.75) is 20.3 Å². The van der Waals surface area contributed by atoms with Gasteiger partial charge in [0.05, 0.1) is 11.6 Å². The number of nitrogens with zero attached hydrogens (tertiary/aromatic N) is 1. The monoisotopic (exact) mass is 225 g/mol. The Morgan fingerprint density at radius 3 is 2.75 bits per heavy atom. The van der Waals surface area contributed by atoms with Crippen LogP contribution in [-0.2, 0) is 4.79 Å². The topological polar surface area (TPSA) is 68.0 Å². The molecule has 3 N–H and O–H groups in total. The van der Waals surface area contributed by atoms with E-state index in [0.717, 1.165) is 6.20 Å². The zero-order valence-corrected chi connectivity index (χ0v) is 9.46. The normalized spacial score (nSPS) is 14.2. The zero-order valence-electron chi connectivity index (χ0n) is 9.46. The molecule has 0 saturated carbocycles. The van der Waals surface area contributed by atoms with Crippen LogP contribution in [0.2, 0.25) is 0 Å². The van der Waals surface area contributed by atoms with Crippen molar-refractivity contribution in [1.29, 1.82) is 0 Å². The average molecular weight is 225 g/mol. The minimum absolute atomic E-state index is 0.198. The molecule has 1 aromatic heterocycles. The van der Waals surface area contributed by atoms with Crippen LogP contribution in [0.5, 0.6) is 0 Å². The van der Waals surface area contributed by atoms with E-state index in [1.807, 2.05) is 6.92 Å². The van der Waals surface area contributed by atoms with E-state index in [9.17, 15) is 9.18 Å². The lowest BCUT2D eigenvalue weighted by Gasteiger charge is -2.24. The molecule has 1 amide bonds. The highest BCUT2D eigenvalue weighted by Gasteiger charge is 2.29. The van der Waals surface area contributed by atoms with Crippen LogP contribution in [-0.4, -0.2) is 17.4 Å². The summed E-state index contributed by atoms with van der Waals surface area (Å²) in [5.74, 6) is -0.300. The van der Waals surface area contributed by atoms with E-state index in [4.69, 9.17) is 5.73 Å². The number of hydrogen-bond donors (Lipinski definition) is 2. The van der Waals surface area contributed by atoms with Gasteiger partial charge in [-0.25, -0.2) is 9.37 Å². The first-order chi connectivity index (χ1) is 7.51. The van der Waals surface area contributed by atoms with E-state index < -0.39 is 11.2 Å². The van der Waals surface area contributed by atoms with Crippen molar-refractivity contribution in [2.75, 3.05) is 11.9 Å². The zero-order chi connectivity index (χ0) is 12.2. The Labute approximate surface area is 94.1 Å². The molecule has 1 rings (SSSR count). The van der Waals surface area contributed by atoms with Crippen molar-refractivity contribution in [2.24, 2.45) is 11.1 Å². The summed E-state index contributed by atoms with van der Waals surface area (Å²) in [6.07, 6.45) is 1.69. The lowest BCUT2D eigenvalue weighted by Crippen LogP contribution is -2.39. The molecule has 1 heterocycles. The van der Waals surface area contributed by atoms with Crippen molar-refractivity contribution in [3.05, 3.63) is 24.1 Å². The fourth-order valence-corrected chi connectivity index (χ4v) is 1.11. The molecule has 0 spiro atoms. The average Bonchev–Trinajstić information content (AvgIpc) is 2.31. The SMILES string of the molecule is CCC(C)(CN)C(=O)Nc1ccc(F)cn1. The van der Waals surface area contributed by atoms with Crippen molar-refractivity contribution in [3.8, 4) is 0 Å². The van der Waals surface area contributed by atoms with E-state index in [1.54, 1.807) is 6.92 Å². The smallest absolute Gasteiger partial charge is 0.232 e. The number of nitrogens with two attached hydrogens (primary N) is 1. The first-order valence-electron chi connectivity index (χ1n) is 5.15. The molecule has 88 valence electrons. The number of rotatable bonds is 4. The van der Waals surface area contributed by atoms with Crippen molar-refractivity contribution < 1.29 is 9.18 Å². The maximum Gasteiger partial charge on any atom is 0.232 e. The molecule has 0 aliphatic rings. The molecule has 1 unspecified atom stereocenters. The Morgan fingerprint density at radius 2 is 2.31 bits per heavy atom. The van der Waals surface area contributed by atoms with E-state index in [2.05, 4.69) is 10.3 Å². The summed E-state index contributed by atoms with van der Waals surface area (Å²) >= 11 is 0. The number of amides is 1. The number of carbonyl (C=O) groups is 1. The summed E-state index contributed by atoms with van der Waals surface area (Å²) in [5, 5.41) is 2.61. The predicted molar refractivity (Wildman–Crippen MR) is 60.3 cm³/mol. The van der Waals surface area contributed by atoms with Crippen LogP contribution in [0.25, 0.3) is 0 Å². The molecule has 4 nitrogen and oxygen atoms in total. The summed E-state index contributed by atoms with van der Waals surface area (Å²) in [7, 11) is 0. The number of aromatic nitrogens is 1. The third kappa shape index (κ3) is 2.76. The van der Waals surface area contributed by atoms with E-state index in [0.29, 0.717) is 12.2 Å². The largest absolute Gasteiger partial charge is 0.329 e. The predicted octanol–water partition coefficient (Wildman–Crippen LogP) is 1.53. The second-order valence-corrected chi connectivity index (χ2v) is 3.93. The van der Waals surface area contributed by atoms with Crippen molar-refractivity contribution in [3.63, 3.8) is 0 Å². The molecule has 0 radical (unpaired) electrons. The number of pyridine rings is 1. The summed E-state index contributed by atoms with van der Waals surface area (Å²) in [6, 6.07) is 2.66. The number of halogens is 1. The molecule has 16 heavy (non-hydrogen) atoms.